The van der Waals surface area contributed by atoms with E-state index in [1.807, 2.05) is 0 Å². The summed E-state index contributed by atoms with van der Waals surface area (Å²) in [6.45, 7) is 1.67. The van der Waals surface area contributed by atoms with Crippen LogP contribution in [0.25, 0.3) is 0 Å². The topological polar surface area (TPSA) is 96.1 Å². The molecular formula is C24H36O8. The number of rotatable bonds is 8. The molecule has 0 N–H and O–H groups in total. The number of carbonyl (C=O) groups is 2. The van der Waals surface area contributed by atoms with Gasteiger partial charge < -0.3 is 28.4 Å². The molecule has 0 aromatic carbocycles. The van der Waals surface area contributed by atoms with Crippen molar-refractivity contribution in [2.75, 3.05) is 26.4 Å². The van der Waals surface area contributed by atoms with Crippen LogP contribution in [0.5, 0.6) is 0 Å². The first kappa shape index (κ1) is 22.3. The Labute approximate surface area is 189 Å². The van der Waals surface area contributed by atoms with Crippen LogP contribution in [0.4, 0.5) is 9.59 Å². The van der Waals surface area contributed by atoms with Crippen molar-refractivity contribution in [2.24, 2.45) is 23.7 Å². The number of fused-ring (bicyclic) bond motifs is 2. The molecule has 6 atom stereocenters. The van der Waals surface area contributed by atoms with Crippen LogP contribution in [-0.4, -0.2) is 63.2 Å². The molecule has 2 heterocycles. The molecule has 5 unspecified atom stereocenters. The molecule has 3 saturated carbocycles. The van der Waals surface area contributed by atoms with Gasteiger partial charge in [-0.3, -0.25) is 0 Å². The molecule has 8 heteroatoms. The van der Waals surface area contributed by atoms with Crippen molar-refractivity contribution < 1.29 is 38.0 Å². The van der Waals surface area contributed by atoms with Crippen molar-refractivity contribution in [2.45, 2.75) is 88.6 Å². The summed E-state index contributed by atoms with van der Waals surface area (Å²) in [6.07, 6.45) is 10.7. The Balaban J connectivity index is 0.880. The molecular weight excluding hydrogens is 416 g/mol. The summed E-state index contributed by atoms with van der Waals surface area (Å²) in [6, 6.07) is 0. The van der Waals surface area contributed by atoms with Crippen molar-refractivity contribution in [3.8, 4) is 0 Å². The maximum absolute atomic E-state index is 11.9. The van der Waals surface area contributed by atoms with Gasteiger partial charge in [0.2, 0.25) is 0 Å². The lowest BCUT2D eigenvalue weighted by Gasteiger charge is -2.27. The van der Waals surface area contributed by atoms with Gasteiger partial charge in [-0.05, 0) is 87.9 Å². The first-order chi connectivity index (χ1) is 15.6. The summed E-state index contributed by atoms with van der Waals surface area (Å²) < 4.78 is 32.3. The Hall–Kier alpha value is -1.54. The van der Waals surface area contributed by atoms with Gasteiger partial charge in [-0.1, -0.05) is 0 Å². The van der Waals surface area contributed by atoms with E-state index in [4.69, 9.17) is 28.4 Å². The summed E-state index contributed by atoms with van der Waals surface area (Å²) in [7, 11) is 0. The highest BCUT2D eigenvalue weighted by Crippen LogP contribution is 2.40. The van der Waals surface area contributed by atoms with Crippen LogP contribution in [-0.2, 0) is 28.4 Å². The van der Waals surface area contributed by atoms with Gasteiger partial charge in [0.05, 0.1) is 50.8 Å². The minimum absolute atomic E-state index is 0.348. The molecule has 8 nitrogen and oxygen atoms in total. The zero-order chi connectivity index (χ0) is 21.9. The average Bonchev–Trinajstić information content (AvgIpc) is 3.73. The van der Waals surface area contributed by atoms with Crippen LogP contribution in [0.15, 0.2) is 0 Å². The van der Waals surface area contributed by atoms with Crippen LogP contribution in [0.3, 0.4) is 0 Å². The molecule has 5 rings (SSSR count). The summed E-state index contributed by atoms with van der Waals surface area (Å²) >= 11 is 0. The van der Waals surface area contributed by atoms with Crippen molar-refractivity contribution >= 4 is 12.3 Å². The zero-order valence-electron chi connectivity index (χ0n) is 18.8. The van der Waals surface area contributed by atoms with Gasteiger partial charge in [-0.2, -0.15) is 0 Å². The van der Waals surface area contributed by atoms with Crippen LogP contribution >= 0.6 is 0 Å². The van der Waals surface area contributed by atoms with E-state index < -0.39 is 12.3 Å². The third-order valence-electron chi connectivity index (χ3n) is 7.94. The Morgan fingerprint density at radius 2 is 0.844 bits per heavy atom. The van der Waals surface area contributed by atoms with Gasteiger partial charge in [-0.15, -0.1) is 0 Å². The van der Waals surface area contributed by atoms with E-state index in [1.54, 1.807) is 0 Å². The van der Waals surface area contributed by atoms with Crippen LogP contribution in [0, 0.1) is 23.7 Å². The fourth-order valence-electron chi connectivity index (χ4n) is 5.67. The van der Waals surface area contributed by atoms with Crippen molar-refractivity contribution in [1.82, 2.24) is 0 Å². The third kappa shape index (κ3) is 6.28. The van der Waals surface area contributed by atoms with Gasteiger partial charge in [0, 0.05) is 0 Å². The molecule has 0 bridgehead atoms. The monoisotopic (exact) mass is 452 g/mol. The summed E-state index contributed by atoms with van der Waals surface area (Å²) in [5.41, 5.74) is 0. The maximum Gasteiger partial charge on any atom is 0.508 e. The average molecular weight is 453 g/mol. The Morgan fingerprint density at radius 1 is 0.500 bits per heavy atom. The van der Waals surface area contributed by atoms with Crippen LogP contribution < -0.4 is 0 Å². The zero-order valence-corrected chi connectivity index (χ0v) is 18.8. The third-order valence-corrected chi connectivity index (χ3v) is 7.94. The van der Waals surface area contributed by atoms with Gasteiger partial charge in [-0.25, -0.2) is 9.59 Å². The van der Waals surface area contributed by atoms with Crippen molar-refractivity contribution in [3.05, 3.63) is 0 Å². The highest BCUT2D eigenvalue weighted by Gasteiger charge is 2.44. The number of epoxide rings is 2. The highest BCUT2D eigenvalue weighted by atomic mass is 16.7. The number of hydrogen-bond acceptors (Lipinski definition) is 8. The molecule has 3 aliphatic carbocycles. The van der Waals surface area contributed by atoms with Crippen LogP contribution in [0.2, 0.25) is 0 Å². The molecule has 180 valence electrons. The summed E-state index contributed by atoms with van der Waals surface area (Å²) in [5.74, 6) is 1.49. The predicted molar refractivity (Wildman–Crippen MR) is 112 cm³/mol. The van der Waals surface area contributed by atoms with E-state index >= 15 is 0 Å². The molecule has 0 aromatic rings. The van der Waals surface area contributed by atoms with Gasteiger partial charge in [0.25, 0.3) is 0 Å². The smallest absolute Gasteiger partial charge is 0.434 e. The molecule has 0 aromatic heterocycles. The molecule has 2 saturated heterocycles. The van der Waals surface area contributed by atoms with Crippen LogP contribution in [0.1, 0.15) is 64.2 Å². The molecule has 0 radical (unpaired) electrons. The fraction of sp³-hybridized carbons (Fsp3) is 0.917. The molecule has 32 heavy (non-hydrogen) atoms. The SMILES string of the molecule is O=C(OCC1CCC(COC(=O)OCC2CCC3O[C@H]3C2)CC1)OCC1CCC2OC2C1. The Morgan fingerprint density at radius 3 is 1.22 bits per heavy atom. The number of carbonyl (C=O) groups excluding carboxylic acids is 2. The van der Waals surface area contributed by atoms with E-state index in [9.17, 15) is 9.59 Å². The van der Waals surface area contributed by atoms with E-state index in [0.29, 0.717) is 74.5 Å². The lowest BCUT2D eigenvalue weighted by molar-refractivity contribution is 0.0142. The molecule has 0 spiro atoms. The fourth-order valence-corrected chi connectivity index (χ4v) is 5.67. The standard InChI is InChI=1S/C24H36O8/c25-23(29-13-17-5-7-19-21(9-17)31-19)27-11-15-1-2-16(4-3-15)12-28-24(26)30-14-18-6-8-20-22(10-18)32-20/h15-22H,1-14H2/t15?,16?,17?,18?,19?,20?,21-,22?/m0/s1. The number of hydrogen-bond donors (Lipinski definition) is 0. The van der Waals surface area contributed by atoms with E-state index in [-0.39, 0.29) is 0 Å². The summed E-state index contributed by atoms with van der Waals surface area (Å²) in [4.78, 5) is 23.8. The first-order valence-electron chi connectivity index (χ1n) is 12.5. The molecule has 2 aliphatic heterocycles. The second-order valence-corrected chi connectivity index (χ2v) is 10.4. The quantitative estimate of drug-likeness (QED) is 0.399. The largest absolute Gasteiger partial charge is 0.508 e. The Kier molecular flexibility index (Phi) is 7.07. The van der Waals surface area contributed by atoms with Crippen molar-refractivity contribution in [1.29, 1.82) is 0 Å². The van der Waals surface area contributed by atoms with Gasteiger partial charge in [0.15, 0.2) is 0 Å². The first-order valence-corrected chi connectivity index (χ1v) is 12.5. The summed E-state index contributed by atoms with van der Waals surface area (Å²) in [5, 5.41) is 0. The molecule has 5 aliphatic rings. The maximum atomic E-state index is 11.9. The second-order valence-electron chi connectivity index (χ2n) is 10.4. The minimum Gasteiger partial charge on any atom is -0.434 e. The molecule has 0 amide bonds. The second kappa shape index (κ2) is 10.2. The normalized spacial score (nSPS) is 39.8. The van der Waals surface area contributed by atoms with Crippen molar-refractivity contribution in [3.63, 3.8) is 0 Å². The number of ether oxygens (including phenoxy) is 6. The lowest BCUT2D eigenvalue weighted by atomic mass is 9.83. The van der Waals surface area contributed by atoms with E-state index in [1.165, 1.54) is 0 Å². The Bertz CT molecular complexity index is 604. The predicted octanol–water partition coefficient (Wildman–Crippen LogP) is 4.23. The van der Waals surface area contributed by atoms with Gasteiger partial charge in [0.1, 0.15) is 0 Å². The highest BCUT2D eigenvalue weighted by molar-refractivity contribution is 5.60. The van der Waals surface area contributed by atoms with E-state index in [2.05, 4.69) is 0 Å². The lowest BCUT2D eigenvalue weighted by Crippen LogP contribution is -2.26. The molecule has 5 fully saturated rings. The minimum atomic E-state index is -0.557. The van der Waals surface area contributed by atoms with Gasteiger partial charge >= 0.3 is 12.3 Å². The van der Waals surface area contributed by atoms with E-state index in [0.717, 1.165) is 64.2 Å².